The maximum atomic E-state index is 12.5. The molecule has 2 aliphatic rings. The van der Waals surface area contributed by atoms with Gasteiger partial charge in [-0.1, -0.05) is 31.4 Å². The lowest BCUT2D eigenvalue weighted by Crippen LogP contribution is -2.38. The molecule has 174 valence electrons. The van der Waals surface area contributed by atoms with E-state index in [9.17, 15) is 23.3 Å². The molecule has 0 saturated heterocycles. The molecule has 1 aromatic heterocycles. The second-order valence-electron chi connectivity index (χ2n) is 7.84. The minimum atomic E-state index is -3.89. The number of furan rings is 1. The molecule has 1 aromatic carbocycles. The number of nitrogens with zero attached hydrogens (tertiary/aromatic N) is 4. The van der Waals surface area contributed by atoms with E-state index in [1.54, 1.807) is 18.2 Å². The van der Waals surface area contributed by atoms with Crippen molar-refractivity contribution in [3.63, 3.8) is 0 Å². The molecule has 0 atom stereocenters. The van der Waals surface area contributed by atoms with Crippen LogP contribution in [0.1, 0.15) is 49.8 Å². The van der Waals surface area contributed by atoms with Crippen molar-refractivity contribution in [2.45, 2.75) is 49.5 Å². The number of hydrogen-bond acceptors (Lipinski definition) is 8. The summed E-state index contributed by atoms with van der Waals surface area (Å²) in [5.41, 5.74) is 0.368. The van der Waals surface area contributed by atoms with Crippen LogP contribution in [0.5, 0.6) is 0 Å². The van der Waals surface area contributed by atoms with Crippen molar-refractivity contribution >= 4 is 33.9 Å². The molecule has 1 fully saturated rings. The first kappa shape index (κ1) is 22.6. The Bertz CT molecular complexity index is 1210. The van der Waals surface area contributed by atoms with Gasteiger partial charge in [0.1, 0.15) is 9.82 Å². The van der Waals surface area contributed by atoms with Crippen molar-refractivity contribution in [2.75, 3.05) is 6.54 Å². The topological polar surface area (TPSA) is 147 Å². The van der Waals surface area contributed by atoms with Crippen LogP contribution in [-0.4, -0.2) is 48.9 Å². The number of amidine groups is 1. The molecule has 0 spiro atoms. The average molecular weight is 474 g/mol. The lowest BCUT2D eigenvalue weighted by molar-refractivity contribution is -0.402. The number of carbonyl (C=O) groups is 1. The smallest absolute Gasteiger partial charge is 0.400 e. The minimum Gasteiger partial charge on any atom is -0.400 e. The van der Waals surface area contributed by atoms with Gasteiger partial charge in [0.15, 0.2) is 11.6 Å². The van der Waals surface area contributed by atoms with Crippen LogP contribution in [0.4, 0.5) is 5.88 Å². The summed E-state index contributed by atoms with van der Waals surface area (Å²) in [6, 6.07) is 9.06. The molecule has 12 heteroatoms. The van der Waals surface area contributed by atoms with Crippen molar-refractivity contribution in [1.82, 2.24) is 10.3 Å². The molecule has 1 aliphatic heterocycles. The van der Waals surface area contributed by atoms with Gasteiger partial charge in [-0.05, 0) is 31.0 Å². The van der Waals surface area contributed by atoms with Crippen molar-refractivity contribution in [1.29, 1.82) is 0 Å². The maximum absolute atomic E-state index is 12.5. The van der Waals surface area contributed by atoms with E-state index in [4.69, 9.17) is 4.42 Å². The summed E-state index contributed by atoms with van der Waals surface area (Å²) in [5.74, 6) is -0.423. The number of carbonyl (C=O) groups excluding carboxylic acids is 1. The first-order valence-corrected chi connectivity index (χ1v) is 12.1. The molecule has 1 saturated carbocycles. The number of nitro groups is 1. The Morgan fingerprint density at radius 1 is 1.24 bits per heavy atom. The van der Waals surface area contributed by atoms with Gasteiger partial charge in [-0.3, -0.25) is 14.9 Å². The normalized spacial score (nSPS) is 17.5. The molecular formula is C21H23N5O6S. The van der Waals surface area contributed by atoms with E-state index in [0.717, 1.165) is 25.7 Å². The quantitative estimate of drug-likeness (QED) is 0.369. The lowest BCUT2D eigenvalue weighted by atomic mass is 9.95. The summed E-state index contributed by atoms with van der Waals surface area (Å²) in [7, 11) is -3.89. The van der Waals surface area contributed by atoms with E-state index in [1.165, 1.54) is 35.8 Å². The van der Waals surface area contributed by atoms with E-state index in [-0.39, 0.29) is 41.4 Å². The van der Waals surface area contributed by atoms with Crippen LogP contribution in [0.15, 0.2) is 55.2 Å². The number of benzene rings is 1. The van der Waals surface area contributed by atoms with Gasteiger partial charge in [0.05, 0.1) is 18.8 Å². The molecule has 2 heterocycles. The fourth-order valence-electron chi connectivity index (χ4n) is 3.88. The van der Waals surface area contributed by atoms with E-state index in [2.05, 4.69) is 14.8 Å². The fraction of sp³-hybridized carbons (Fsp3) is 0.381. The van der Waals surface area contributed by atoms with Gasteiger partial charge in [0.25, 0.3) is 10.0 Å². The highest BCUT2D eigenvalue weighted by atomic mass is 32.2. The summed E-state index contributed by atoms with van der Waals surface area (Å²) in [6.45, 7) is 0.0561. The summed E-state index contributed by atoms with van der Waals surface area (Å²) in [4.78, 5) is 22.7. The van der Waals surface area contributed by atoms with Gasteiger partial charge in [-0.25, -0.2) is 5.01 Å². The van der Waals surface area contributed by atoms with Gasteiger partial charge in [-0.2, -0.15) is 13.5 Å². The van der Waals surface area contributed by atoms with Crippen molar-refractivity contribution < 1.29 is 22.6 Å². The highest BCUT2D eigenvalue weighted by Crippen LogP contribution is 2.28. The molecule has 1 amide bonds. The van der Waals surface area contributed by atoms with Crippen molar-refractivity contribution in [3.8, 4) is 0 Å². The Balaban J connectivity index is 1.55. The summed E-state index contributed by atoms with van der Waals surface area (Å²) in [5, 5.41) is 19.4. The third-order valence-corrected chi connectivity index (χ3v) is 6.82. The van der Waals surface area contributed by atoms with E-state index in [0.29, 0.717) is 5.56 Å². The van der Waals surface area contributed by atoms with E-state index in [1.807, 2.05) is 0 Å². The Morgan fingerprint density at radius 2 is 2.00 bits per heavy atom. The number of rotatable bonds is 7. The molecule has 0 radical (unpaired) electrons. The van der Waals surface area contributed by atoms with E-state index >= 15 is 0 Å². The second-order valence-corrected chi connectivity index (χ2v) is 9.41. The third kappa shape index (κ3) is 5.28. The molecule has 0 unspecified atom stereocenters. The first-order chi connectivity index (χ1) is 15.8. The zero-order valence-electron chi connectivity index (χ0n) is 17.7. The maximum Gasteiger partial charge on any atom is 0.433 e. The summed E-state index contributed by atoms with van der Waals surface area (Å²) < 4.78 is 33.9. The summed E-state index contributed by atoms with van der Waals surface area (Å²) in [6.07, 6.45) is 6.53. The average Bonchev–Trinajstić information content (AvgIpc) is 3.38. The number of amides is 1. The zero-order chi connectivity index (χ0) is 23.4. The van der Waals surface area contributed by atoms with Gasteiger partial charge < -0.3 is 9.73 Å². The number of hydrazone groups is 1. The zero-order valence-corrected chi connectivity index (χ0v) is 18.5. The highest BCUT2D eigenvalue weighted by molar-refractivity contribution is 7.90. The lowest BCUT2D eigenvalue weighted by Gasteiger charge is -2.23. The Morgan fingerprint density at radius 3 is 2.73 bits per heavy atom. The van der Waals surface area contributed by atoms with Gasteiger partial charge >= 0.3 is 5.88 Å². The third-order valence-electron chi connectivity index (χ3n) is 5.49. The van der Waals surface area contributed by atoms with E-state index < -0.39 is 20.8 Å². The van der Waals surface area contributed by atoms with Crippen LogP contribution < -0.4 is 5.32 Å². The Kier molecular flexibility index (Phi) is 6.54. The SMILES string of the molecule is O=C(CCN(/N=C\c1ccc([N+](=O)[O-])o1)C1=NS(=O)(=O)c2ccccc21)NC1CCCCC1. The van der Waals surface area contributed by atoms with Crippen LogP contribution in [0.25, 0.3) is 0 Å². The number of nitrogens with one attached hydrogen (secondary N) is 1. The number of sulfonamides is 1. The van der Waals surface area contributed by atoms with Crippen molar-refractivity contribution in [3.05, 3.63) is 57.8 Å². The van der Waals surface area contributed by atoms with Crippen LogP contribution in [0, 0.1) is 10.1 Å². The minimum absolute atomic E-state index is 0.0560. The standard InChI is InChI=1S/C21H23N5O6S/c27-19(23-15-6-2-1-3-7-15)12-13-25(22-14-16-10-11-20(32-16)26(28)29)21-17-8-4-5-9-18(17)33(30,31)24-21/h4-5,8-11,14-15H,1-3,6-7,12-13H2,(H,23,27)/b22-14-. The molecule has 4 rings (SSSR count). The highest BCUT2D eigenvalue weighted by Gasteiger charge is 2.32. The predicted octanol–water partition coefficient (Wildman–Crippen LogP) is 2.81. The monoisotopic (exact) mass is 473 g/mol. The first-order valence-electron chi connectivity index (χ1n) is 10.6. The van der Waals surface area contributed by atoms with Crippen LogP contribution >= 0.6 is 0 Å². The molecule has 0 bridgehead atoms. The molecule has 33 heavy (non-hydrogen) atoms. The fourth-order valence-corrected chi connectivity index (χ4v) is 5.09. The van der Waals surface area contributed by atoms with Crippen LogP contribution in [0.3, 0.4) is 0 Å². The van der Waals surface area contributed by atoms with Gasteiger partial charge in [0.2, 0.25) is 5.91 Å². The van der Waals surface area contributed by atoms with Gasteiger partial charge in [-0.15, -0.1) is 4.40 Å². The largest absolute Gasteiger partial charge is 0.433 e. The molecule has 1 aliphatic carbocycles. The van der Waals surface area contributed by atoms with Crippen molar-refractivity contribution in [2.24, 2.45) is 9.50 Å². The second kappa shape index (κ2) is 9.53. The van der Waals surface area contributed by atoms with Gasteiger partial charge in [0, 0.05) is 18.0 Å². The molecular weight excluding hydrogens is 450 g/mol. The number of hydrogen-bond donors (Lipinski definition) is 1. The van der Waals surface area contributed by atoms with Crippen LogP contribution in [-0.2, 0) is 14.8 Å². The molecule has 2 aromatic rings. The molecule has 11 nitrogen and oxygen atoms in total. The molecule has 1 N–H and O–H groups in total. The Labute approximate surface area is 190 Å². The summed E-state index contributed by atoms with van der Waals surface area (Å²) >= 11 is 0. The van der Waals surface area contributed by atoms with Crippen LogP contribution in [0.2, 0.25) is 0 Å². The Hall–Kier alpha value is -3.54. The number of fused-ring (bicyclic) bond motifs is 1. The predicted molar refractivity (Wildman–Crippen MR) is 119 cm³/mol.